The monoisotopic (exact) mass is 221 g/mol. The fourth-order valence-corrected chi connectivity index (χ4v) is 1.69. The van der Waals surface area contributed by atoms with Crippen molar-refractivity contribution in [1.29, 1.82) is 0 Å². The molecule has 1 unspecified atom stereocenters. The van der Waals surface area contributed by atoms with Gasteiger partial charge in [0.25, 0.3) is 0 Å². The Hall–Kier alpha value is -0.860. The molecule has 1 aromatic carbocycles. The van der Waals surface area contributed by atoms with Gasteiger partial charge in [0.05, 0.1) is 6.61 Å². The summed E-state index contributed by atoms with van der Waals surface area (Å²) in [4.78, 5) is 0. The van der Waals surface area contributed by atoms with Crippen LogP contribution in [0.15, 0.2) is 24.3 Å². The van der Waals surface area contributed by atoms with E-state index in [1.165, 1.54) is 11.1 Å². The largest absolute Gasteiger partial charge is 0.384 e. The van der Waals surface area contributed by atoms with Gasteiger partial charge in [-0.1, -0.05) is 43.7 Å². The van der Waals surface area contributed by atoms with Crippen LogP contribution in [-0.4, -0.2) is 26.3 Å². The Morgan fingerprint density at radius 1 is 1.19 bits per heavy atom. The van der Waals surface area contributed by atoms with Crippen molar-refractivity contribution in [2.45, 2.75) is 32.7 Å². The zero-order valence-electron chi connectivity index (χ0n) is 10.8. The molecule has 0 aliphatic rings. The first-order chi connectivity index (χ1) is 7.63. The summed E-state index contributed by atoms with van der Waals surface area (Å²) < 4.78 is 5.28. The van der Waals surface area contributed by atoms with E-state index in [0.29, 0.717) is 12.0 Å². The van der Waals surface area contributed by atoms with Crippen molar-refractivity contribution in [2.24, 2.45) is 0 Å². The van der Waals surface area contributed by atoms with Crippen molar-refractivity contribution < 1.29 is 4.74 Å². The van der Waals surface area contributed by atoms with E-state index in [1.807, 2.05) is 0 Å². The van der Waals surface area contributed by atoms with Crippen LogP contribution in [0.4, 0.5) is 0 Å². The molecular weight excluding hydrogens is 198 g/mol. The summed E-state index contributed by atoms with van der Waals surface area (Å²) in [6.07, 6.45) is 0. The van der Waals surface area contributed by atoms with Crippen molar-refractivity contribution in [3.8, 4) is 0 Å². The Balaban J connectivity index is 2.64. The smallest absolute Gasteiger partial charge is 0.0543 e. The van der Waals surface area contributed by atoms with Crippen LogP contribution >= 0.6 is 0 Å². The minimum Gasteiger partial charge on any atom is -0.384 e. The zero-order valence-corrected chi connectivity index (χ0v) is 10.8. The molecule has 0 saturated heterocycles. The number of rotatable bonds is 6. The second-order valence-electron chi connectivity index (χ2n) is 4.63. The lowest BCUT2D eigenvalue weighted by molar-refractivity contribution is 0.177. The molecule has 1 aromatic rings. The zero-order chi connectivity index (χ0) is 12.0. The third-order valence-corrected chi connectivity index (χ3v) is 2.69. The molecule has 0 spiro atoms. The lowest BCUT2D eigenvalue weighted by Crippen LogP contribution is -2.29. The van der Waals surface area contributed by atoms with Crippen molar-refractivity contribution in [3.05, 3.63) is 35.4 Å². The molecule has 1 N–H and O–H groups in total. The Kier molecular flexibility index (Phi) is 5.50. The first-order valence-electron chi connectivity index (χ1n) is 5.92. The second-order valence-corrected chi connectivity index (χ2v) is 4.63. The van der Waals surface area contributed by atoms with Crippen molar-refractivity contribution in [3.63, 3.8) is 0 Å². The molecule has 0 aliphatic carbocycles. The minimum absolute atomic E-state index is 0.438. The summed E-state index contributed by atoms with van der Waals surface area (Å²) in [7, 11) is 1.76. The highest BCUT2D eigenvalue weighted by atomic mass is 16.5. The molecule has 0 amide bonds. The molecular formula is C14H23NO. The van der Waals surface area contributed by atoms with Gasteiger partial charge in [-0.2, -0.15) is 0 Å². The van der Waals surface area contributed by atoms with Gasteiger partial charge in [-0.3, -0.25) is 0 Å². The van der Waals surface area contributed by atoms with Gasteiger partial charge in [-0.05, 0) is 12.5 Å². The van der Waals surface area contributed by atoms with Gasteiger partial charge in [-0.25, -0.2) is 0 Å². The molecule has 0 aliphatic heterocycles. The maximum absolute atomic E-state index is 5.28. The predicted molar refractivity (Wildman–Crippen MR) is 68.9 cm³/mol. The van der Waals surface area contributed by atoms with E-state index < -0.39 is 0 Å². The highest BCUT2D eigenvalue weighted by Crippen LogP contribution is 2.16. The van der Waals surface area contributed by atoms with Gasteiger partial charge in [0, 0.05) is 25.6 Å². The van der Waals surface area contributed by atoms with Gasteiger partial charge in [0.2, 0.25) is 0 Å². The maximum atomic E-state index is 5.28. The predicted octanol–water partition coefficient (Wildman–Crippen LogP) is 2.72. The van der Waals surface area contributed by atoms with E-state index in [-0.39, 0.29) is 0 Å². The number of hydrogen-bond acceptors (Lipinski definition) is 2. The Morgan fingerprint density at radius 3 is 2.31 bits per heavy atom. The number of hydrogen-bond donors (Lipinski definition) is 1. The van der Waals surface area contributed by atoms with Gasteiger partial charge < -0.3 is 10.1 Å². The van der Waals surface area contributed by atoms with Crippen LogP contribution in [0.25, 0.3) is 0 Å². The topological polar surface area (TPSA) is 21.3 Å². The number of aryl methyl sites for hydroxylation is 1. The first kappa shape index (κ1) is 13.2. The summed E-state index contributed by atoms with van der Waals surface area (Å²) >= 11 is 0. The Bertz CT molecular complexity index is 292. The molecule has 1 rings (SSSR count). The molecule has 0 fully saturated rings. The lowest BCUT2D eigenvalue weighted by Gasteiger charge is -2.19. The summed E-state index contributed by atoms with van der Waals surface area (Å²) in [5, 5.41) is 3.46. The van der Waals surface area contributed by atoms with E-state index >= 15 is 0 Å². The van der Waals surface area contributed by atoms with Crippen molar-refractivity contribution >= 4 is 0 Å². The van der Waals surface area contributed by atoms with Crippen molar-refractivity contribution in [2.75, 3.05) is 20.3 Å². The fraction of sp³-hybridized carbons (Fsp3) is 0.571. The van der Waals surface area contributed by atoms with Gasteiger partial charge in [0.15, 0.2) is 0 Å². The molecule has 0 saturated carbocycles. The van der Waals surface area contributed by atoms with Gasteiger partial charge >= 0.3 is 0 Å². The summed E-state index contributed by atoms with van der Waals surface area (Å²) in [5.74, 6) is 0.438. The molecule has 0 bridgehead atoms. The normalized spacial score (nSPS) is 13.1. The van der Waals surface area contributed by atoms with E-state index in [1.54, 1.807) is 7.11 Å². The van der Waals surface area contributed by atoms with E-state index in [9.17, 15) is 0 Å². The Morgan fingerprint density at radius 2 is 1.81 bits per heavy atom. The number of methoxy groups -OCH3 is 1. The minimum atomic E-state index is 0.438. The molecule has 0 heterocycles. The van der Waals surface area contributed by atoms with Crippen LogP contribution in [-0.2, 0) is 4.74 Å². The number of benzene rings is 1. The van der Waals surface area contributed by atoms with Crippen LogP contribution < -0.4 is 5.32 Å². The van der Waals surface area contributed by atoms with Crippen molar-refractivity contribution in [1.82, 2.24) is 5.32 Å². The molecule has 2 nitrogen and oxygen atoms in total. The SMILES string of the molecule is COCC(CNC(C)C)c1ccc(C)cc1. The highest BCUT2D eigenvalue weighted by Gasteiger charge is 2.11. The molecule has 0 radical (unpaired) electrons. The molecule has 2 heteroatoms. The summed E-state index contributed by atoms with van der Waals surface area (Å²) in [6, 6.07) is 9.23. The quantitative estimate of drug-likeness (QED) is 0.797. The number of nitrogens with one attached hydrogen (secondary N) is 1. The molecule has 90 valence electrons. The van der Waals surface area contributed by atoms with Crippen LogP contribution in [0.2, 0.25) is 0 Å². The average Bonchev–Trinajstić information content (AvgIpc) is 2.25. The third kappa shape index (κ3) is 4.33. The van der Waals surface area contributed by atoms with Crippen LogP contribution in [0, 0.1) is 6.92 Å². The fourth-order valence-electron chi connectivity index (χ4n) is 1.69. The number of ether oxygens (including phenoxy) is 1. The molecule has 1 atom stereocenters. The van der Waals surface area contributed by atoms with Crippen LogP contribution in [0.5, 0.6) is 0 Å². The van der Waals surface area contributed by atoms with Crippen LogP contribution in [0.1, 0.15) is 30.9 Å². The van der Waals surface area contributed by atoms with Crippen LogP contribution in [0.3, 0.4) is 0 Å². The molecule has 16 heavy (non-hydrogen) atoms. The standard InChI is InChI=1S/C14H23NO/c1-11(2)15-9-14(10-16-4)13-7-5-12(3)6-8-13/h5-8,11,14-15H,9-10H2,1-4H3. The second kappa shape index (κ2) is 6.66. The maximum Gasteiger partial charge on any atom is 0.0543 e. The van der Waals surface area contributed by atoms with E-state index in [2.05, 4.69) is 50.4 Å². The first-order valence-corrected chi connectivity index (χ1v) is 5.92. The summed E-state index contributed by atoms with van der Waals surface area (Å²) in [5.41, 5.74) is 2.65. The molecule has 0 aromatic heterocycles. The van der Waals surface area contributed by atoms with E-state index in [0.717, 1.165) is 13.2 Å². The van der Waals surface area contributed by atoms with Gasteiger partial charge in [0.1, 0.15) is 0 Å². The highest BCUT2D eigenvalue weighted by molar-refractivity contribution is 5.24. The van der Waals surface area contributed by atoms with E-state index in [4.69, 9.17) is 4.74 Å². The lowest BCUT2D eigenvalue weighted by atomic mass is 9.98. The average molecular weight is 221 g/mol. The van der Waals surface area contributed by atoms with Gasteiger partial charge in [-0.15, -0.1) is 0 Å². The Labute approximate surface area is 99.0 Å². The third-order valence-electron chi connectivity index (χ3n) is 2.69. The summed E-state index contributed by atoms with van der Waals surface area (Å²) in [6.45, 7) is 8.18.